The first-order valence-electron chi connectivity index (χ1n) is 8.42. The van der Waals surface area contributed by atoms with Gasteiger partial charge in [0.2, 0.25) is 5.91 Å². The number of likely N-dealkylation sites (tertiary alicyclic amines) is 1. The van der Waals surface area contributed by atoms with Crippen molar-refractivity contribution in [1.82, 2.24) is 15.5 Å². The van der Waals surface area contributed by atoms with E-state index in [1.807, 2.05) is 0 Å². The Bertz CT molecular complexity index is 306. The van der Waals surface area contributed by atoms with Gasteiger partial charge in [-0.1, -0.05) is 6.92 Å². The first-order valence-corrected chi connectivity index (χ1v) is 8.42. The van der Waals surface area contributed by atoms with Crippen molar-refractivity contribution in [3.8, 4) is 0 Å². The van der Waals surface area contributed by atoms with Crippen LogP contribution in [0.2, 0.25) is 0 Å². The van der Waals surface area contributed by atoms with E-state index >= 15 is 0 Å². The third-order valence-corrected chi connectivity index (χ3v) is 5.00. The van der Waals surface area contributed by atoms with Crippen LogP contribution in [0.15, 0.2) is 0 Å². The number of halogens is 1. The average molecular weight is 318 g/mol. The third kappa shape index (κ3) is 6.13. The molecule has 21 heavy (non-hydrogen) atoms. The summed E-state index contributed by atoms with van der Waals surface area (Å²) in [5.41, 5.74) is 0. The number of hydrogen-bond donors (Lipinski definition) is 2. The first kappa shape index (κ1) is 18.7. The van der Waals surface area contributed by atoms with Gasteiger partial charge in [0.1, 0.15) is 0 Å². The lowest BCUT2D eigenvalue weighted by Crippen LogP contribution is -2.43. The van der Waals surface area contributed by atoms with E-state index in [2.05, 4.69) is 29.4 Å². The number of nitrogens with zero attached hydrogens (tertiary/aromatic N) is 1. The summed E-state index contributed by atoms with van der Waals surface area (Å²) >= 11 is 0. The molecule has 5 heteroatoms. The summed E-state index contributed by atoms with van der Waals surface area (Å²) in [5, 5.41) is 6.56. The molecule has 2 fully saturated rings. The van der Waals surface area contributed by atoms with Gasteiger partial charge in [0.05, 0.1) is 0 Å². The zero-order valence-electron chi connectivity index (χ0n) is 13.6. The number of carbonyl (C=O) groups excluding carboxylic acids is 1. The zero-order chi connectivity index (χ0) is 14.4. The second-order valence-corrected chi connectivity index (χ2v) is 6.53. The fourth-order valence-electron chi connectivity index (χ4n) is 3.51. The van der Waals surface area contributed by atoms with Gasteiger partial charge in [-0.25, -0.2) is 0 Å². The molecule has 0 aliphatic carbocycles. The Kier molecular flexibility index (Phi) is 8.60. The predicted octanol–water partition coefficient (Wildman–Crippen LogP) is 2.03. The van der Waals surface area contributed by atoms with Crippen LogP contribution >= 0.6 is 12.4 Å². The fourth-order valence-corrected chi connectivity index (χ4v) is 3.51. The molecule has 2 aliphatic rings. The highest BCUT2D eigenvalue weighted by atomic mass is 35.5. The van der Waals surface area contributed by atoms with Crippen LogP contribution in [0.1, 0.15) is 46.0 Å². The van der Waals surface area contributed by atoms with E-state index < -0.39 is 0 Å². The molecule has 0 spiro atoms. The van der Waals surface area contributed by atoms with Crippen LogP contribution in [0.4, 0.5) is 0 Å². The minimum Gasteiger partial charge on any atom is -0.356 e. The van der Waals surface area contributed by atoms with Crippen molar-refractivity contribution in [2.24, 2.45) is 11.8 Å². The Labute approximate surface area is 135 Å². The Hall–Kier alpha value is -0.320. The molecule has 0 bridgehead atoms. The first-order chi connectivity index (χ1) is 9.69. The molecular weight excluding hydrogens is 286 g/mol. The number of carbonyl (C=O) groups is 1. The minimum atomic E-state index is 0. The summed E-state index contributed by atoms with van der Waals surface area (Å²) < 4.78 is 0. The van der Waals surface area contributed by atoms with Crippen molar-refractivity contribution in [1.29, 1.82) is 0 Å². The lowest BCUT2D eigenvalue weighted by atomic mass is 9.91. The van der Waals surface area contributed by atoms with Crippen LogP contribution in [-0.4, -0.2) is 49.6 Å². The largest absolute Gasteiger partial charge is 0.356 e. The molecular formula is C16H32ClN3O. The standard InChI is InChI=1S/C16H31N3O.ClH/c1-3-19-10-6-14(7-11-19)4-8-18-16(20)15-5-9-17-13(2)12-15;/h13-15,17H,3-12H2,1-2H3,(H,18,20);1H/t13-,15-;/m0./s1. The summed E-state index contributed by atoms with van der Waals surface area (Å²) in [6, 6.07) is 0.484. The van der Waals surface area contributed by atoms with Gasteiger partial charge in [-0.05, 0) is 71.1 Å². The third-order valence-electron chi connectivity index (χ3n) is 5.00. The highest BCUT2D eigenvalue weighted by molar-refractivity contribution is 5.85. The maximum absolute atomic E-state index is 12.1. The predicted molar refractivity (Wildman–Crippen MR) is 89.9 cm³/mol. The molecule has 2 aliphatic heterocycles. The zero-order valence-corrected chi connectivity index (χ0v) is 14.4. The molecule has 0 radical (unpaired) electrons. The second kappa shape index (κ2) is 9.65. The molecule has 4 nitrogen and oxygen atoms in total. The number of rotatable bonds is 5. The van der Waals surface area contributed by atoms with Crippen LogP contribution in [-0.2, 0) is 4.79 Å². The summed E-state index contributed by atoms with van der Waals surface area (Å²) in [7, 11) is 0. The smallest absolute Gasteiger partial charge is 0.223 e. The SMILES string of the molecule is CCN1CCC(CCNC(=O)[C@H]2CCN[C@@H](C)C2)CC1.Cl. The highest BCUT2D eigenvalue weighted by Gasteiger charge is 2.24. The van der Waals surface area contributed by atoms with Crippen LogP contribution < -0.4 is 10.6 Å². The van der Waals surface area contributed by atoms with E-state index in [0.29, 0.717) is 6.04 Å². The number of amides is 1. The maximum Gasteiger partial charge on any atom is 0.223 e. The van der Waals surface area contributed by atoms with Crippen LogP contribution in [0, 0.1) is 11.8 Å². The van der Waals surface area contributed by atoms with E-state index in [9.17, 15) is 4.79 Å². The summed E-state index contributed by atoms with van der Waals surface area (Å²) in [5.74, 6) is 1.32. The van der Waals surface area contributed by atoms with Gasteiger partial charge >= 0.3 is 0 Å². The number of hydrogen-bond acceptors (Lipinski definition) is 3. The van der Waals surface area contributed by atoms with Crippen molar-refractivity contribution >= 4 is 18.3 Å². The minimum absolute atomic E-state index is 0. The normalized spacial score (nSPS) is 27.9. The molecule has 0 aromatic carbocycles. The van der Waals surface area contributed by atoms with Gasteiger partial charge in [-0.15, -0.1) is 12.4 Å². The van der Waals surface area contributed by atoms with Gasteiger partial charge in [0.25, 0.3) is 0 Å². The van der Waals surface area contributed by atoms with Crippen molar-refractivity contribution in [2.45, 2.75) is 52.0 Å². The van der Waals surface area contributed by atoms with Crippen LogP contribution in [0.3, 0.4) is 0 Å². The molecule has 2 heterocycles. The van der Waals surface area contributed by atoms with Gasteiger partial charge in [0, 0.05) is 18.5 Å². The van der Waals surface area contributed by atoms with Gasteiger partial charge in [-0.3, -0.25) is 4.79 Å². The van der Waals surface area contributed by atoms with E-state index in [1.54, 1.807) is 0 Å². The topological polar surface area (TPSA) is 44.4 Å². The summed E-state index contributed by atoms with van der Waals surface area (Å²) in [6.45, 7) is 9.91. The Morgan fingerprint density at radius 3 is 2.62 bits per heavy atom. The van der Waals surface area contributed by atoms with Crippen molar-refractivity contribution in [3.63, 3.8) is 0 Å². The Morgan fingerprint density at radius 1 is 1.29 bits per heavy atom. The number of nitrogens with one attached hydrogen (secondary N) is 2. The highest BCUT2D eigenvalue weighted by Crippen LogP contribution is 2.20. The Morgan fingerprint density at radius 2 is 2.00 bits per heavy atom. The van der Waals surface area contributed by atoms with E-state index in [0.717, 1.165) is 38.3 Å². The van der Waals surface area contributed by atoms with E-state index in [1.165, 1.54) is 32.5 Å². The van der Waals surface area contributed by atoms with E-state index in [4.69, 9.17) is 0 Å². The molecule has 0 aromatic rings. The molecule has 0 unspecified atom stereocenters. The molecule has 2 N–H and O–H groups in total. The van der Waals surface area contributed by atoms with Crippen LogP contribution in [0.25, 0.3) is 0 Å². The lowest BCUT2D eigenvalue weighted by molar-refractivity contribution is -0.126. The molecule has 2 atom stereocenters. The Balaban J connectivity index is 0.00000220. The molecule has 2 rings (SSSR count). The van der Waals surface area contributed by atoms with Gasteiger partial charge in [-0.2, -0.15) is 0 Å². The quantitative estimate of drug-likeness (QED) is 0.815. The molecule has 2 saturated heterocycles. The van der Waals surface area contributed by atoms with Crippen molar-refractivity contribution in [3.05, 3.63) is 0 Å². The maximum atomic E-state index is 12.1. The molecule has 1 amide bonds. The average Bonchev–Trinajstić information content (AvgIpc) is 2.48. The van der Waals surface area contributed by atoms with Crippen LogP contribution in [0.5, 0.6) is 0 Å². The molecule has 0 aromatic heterocycles. The second-order valence-electron chi connectivity index (χ2n) is 6.53. The lowest BCUT2D eigenvalue weighted by Gasteiger charge is -2.31. The summed E-state index contributed by atoms with van der Waals surface area (Å²) in [4.78, 5) is 14.7. The monoisotopic (exact) mass is 317 g/mol. The number of piperidine rings is 2. The molecule has 0 saturated carbocycles. The summed E-state index contributed by atoms with van der Waals surface area (Å²) in [6.07, 6.45) is 5.73. The molecule has 124 valence electrons. The van der Waals surface area contributed by atoms with Crippen molar-refractivity contribution in [2.75, 3.05) is 32.7 Å². The van der Waals surface area contributed by atoms with Gasteiger partial charge in [0.15, 0.2) is 0 Å². The fraction of sp³-hybridized carbons (Fsp3) is 0.938. The van der Waals surface area contributed by atoms with Gasteiger partial charge < -0.3 is 15.5 Å². The van der Waals surface area contributed by atoms with Crippen molar-refractivity contribution < 1.29 is 4.79 Å². The van der Waals surface area contributed by atoms with E-state index in [-0.39, 0.29) is 24.2 Å².